The van der Waals surface area contributed by atoms with Crippen molar-refractivity contribution < 1.29 is 14.0 Å². The first-order chi connectivity index (χ1) is 14.1. The fourth-order valence-electron chi connectivity index (χ4n) is 3.44. The normalized spacial score (nSPS) is 15.1. The van der Waals surface area contributed by atoms with Crippen LogP contribution in [0, 0.1) is 6.92 Å². The molecule has 1 fully saturated rings. The number of likely N-dealkylation sites (tertiary alicyclic amines) is 1. The van der Waals surface area contributed by atoms with Gasteiger partial charge in [-0.05, 0) is 70.1 Å². The van der Waals surface area contributed by atoms with Crippen LogP contribution in [0.1, 0.15) is 47.4 Å². The highest BCUT2D eigenvalue weighted by atomic mass is 16.3. The predicted molar refractivity (Wildman–Crippen MR) is 113 cm³/mol. The van der Waals surface area contributed by atoms with Crippen LogP contribution in [0.25, 0.3) is 6.08 Å². The number of benzene rings is 1. The highest BCUT2D eigenvalue weighted by Crippen LogP contribution is 2.10. The molecule has 0 spiro atoms. The standard InChI is InChI=1S/C23H29N3O3/c1-18-8-5-9-19(16-18)22(27)25-21(17-20-10-6-15-29-20)23(28)24-11-7-14-26-12-3-2-4-13-26/h5-6,8-10,15-17H,2-4,7,11-14H2,1H3,(H,24,28)(H,25,27)/b21-17-. The molecule has 154 valence electrons. The highest BCUT2D eigenvalue weighted by molar-refractivity contribution is 6.05. The second kappa shape index (κ2) is 10.6. The number of carbonyl (C=O) groups is 2. The maximum absolute atomic E-state index is 12.7. The lowest BCUT2D eigenvalue weighted by molar-refractivity contribution is -0.117. The summed E-state index contributed by atoms with van der Waals surface area (Å²) in [4.78, 5) is 27.8. The van der Waals surface area contributed by atoms with Gasteiger partial charge in [-0.15, -0.1) is 0 Å². The van der Waals surface area contributed by atoms with Crippen molar-refractivity contribution in [1.82, 2.24) is 15.5 Å². The van der Waals surface area contributed by atoms with Crippen LogP contribution in [0.15, 0.2) is 52.8 Å². The third kappa shape index (κ3) is 6.61. The van der Waals surface area contributed by atoms with Crippen molar-refractivity contribution in [2.24, 2.45) is 0 Å². The molecular formula is C23H29N3O3. The first-order valence-electron chi connectivity index (χ1n) is 10.3. The fourth-order valence-corrected chi connectivity index (χ4v) is 3.44. The van der Waals surface area contributed by atoms with E-state index in [2.05, 4.69) is 15.5 Å². The van der Waals surface area contributed by atoms with Gasteiger partial charge >= 0.3 is 0 Å². The van der Waals surface area contributed by atoms with Crippen molar-refractivity contribution in [2.45, 2.75) is 32.6 Å². The second-order valence-corrected chi connectivity index (χ2v) is 7.41. The summed E-state index contributed by atoms with van der Waals surface area (Å²) in [5.41, 5.74) is 1.66. The molecular weight excluding hydrogens is 366 g/mol. The molecule has 0 radical (unpaired) electrons. The topological polar surface area (TPSA) is 74.6 Å². The van der Waals surface area contributed by atoms with E-state index in [0.717, 1.165) is 31.6 Å². The van der Waals surface area contributed by atoms with Crippen molar-refractivity contribution in [3.63, 3.8) is 0 Å². The SMILES string of the molecule is Cc1cccc(C(=O)N/C(=C\c2ccco2)C(=O)NCCCN2CCCCC2)c1. The van der Waals surface area contributed by atoms with Gasteiger partial charge in [0, 0.05) is 18.2 Å². The lowest BCUT2D eigenvalue weighted by atomic mass is 10.1. The van der Waals surface area contributed by atoms with Crippen LogP contribution >= 0.6 is 0 Å². The van der Waals surface area contributed by atoms with Crippen molar-refractivity contribution in [2.75, 3.05) is 26.2 Å². The summed E-state index contributed by atoms with van der Waals surface area (Å²) in [5.74, 6) is -0.135. The Balaban J connectivity index is 1.59. The molecule has 2 N–H and O–H groups in total. The molecule has 2 aromatic rings. The Morgan fingerprint density at radius 3 is 2.69 bits per heavy atom. The van der Waals surface area contributed by atoms with Crippen molar-refractivity contribution in [3.8, 4) is 0 Å². The Kier molecular flexibility index (Phi) is 7.64. The zero-order valence-electron chi connectivity index (χ0n) is 16.9. The summed E-state index contributed by atoms with van der Waals surface area (Å²) in [6.45, 7) is 5.75. The molecule has 0 bridgehead atoms. The van der Waals surface area contributed by atoms with Crippen LogP contribution in [0.2, 0.25) is 0 Å². The average Bonchev–Trinajstić information content (AvgIpc) is 3.24. The number of rotatable bonds is 8. The van der Waals surface area contributed by atoms with Crippen molar-refractivity contribution in [1.29, 1.82) is 0 Å². The Hall–Kier alpha value is -2.86. The van der Waals surface area contributed by atoms with Gasteiger partial charge in [-0.3, -0.25) is 9.59 Å². The van der Waals surface area contributed by atoms with Gasteiger partial charge < -0.3 is 20.0 Å². The van der Waals surface area contributed by atoms with Gasteiger partial charge in [0.2, 0.25) is 0 Å². The molecule has 1 aliphatic heterocycles. The lowest BCUT2D eigenvalue weighted by Crippen LogP contribution is -2.37. The molecule has 0 saturated carbocycles. The number of aryl methyl sites for hydroxylation is 1. The largest absolute Gasteiger partial charge is 0.465 e. The lowest BCUT2D eigenvalue weighted by Gasteiger charge is -2.26. The molecule has 6 nitrogen and oxygen atoms in total. The van der Waals surface area contributed by atoms with Gasteiger partial charge in [0.05, 0.1) is 6.26 Å². The van der Waals surface area contributed by atoms with Gasteiger partial charge in [0.25, 0.3) is 11.8 Å². The first kappa shape index (κ1) is 20.9. The first-order valence-corrected chi connectivity index (χ1v) is 10.3. The van der Waals surface area contributed by atoms with E-state index in [1.54, 1.807) is 30.3 Å². The minimum absolute atomic E-state index is 0.171. The van der Waals surface area contributed by atoms with Crippen LogP contribution in [0.3, 0.4) is 0 Å². The van der Waals surface area contributed by atoms with Gasteiger partial charge in [0.15, 0.2) is 0 Å². The quantitative estimate of drug-likeness (QED) is 0.531. The maximum Gasteiger partial charge on any atom is 0.267 e. The molecule has 0 unspecified atom stereocenters. The van der Waals surface area contributed by atoms with Crippen LogP contribution in [0.4, 0.5) is 0 Å². The third-order valence-electron chi connectivity index (χ3n) is 4.99. The Morgan fingerprint density at radius 2 is 1.97 bits per heavy atom. The Labute approximate surface area is 172 Å². The smallest absolute Gasteiger partial charge is 0.267 e. The number of amides is 2. The minimum Gasteiger partial charge on any atom is -0.465 e. The predicted octanol–water partition coefficient (Wildman–Crippen LogP) is 3.35. The van der Waals surface area contributed by atoms with E-state index in [4.69, 9.17) is 4.42 Å². The van der Waals surface area contributed by atoms with E-state index in [-0.39, 0.29) is 17.5 Å². The summed E-state index contributed by atoms with van der Waals surface area (Å²) in [5, 5.41) is 5.64. The number of nitrogens with zero attached hydrogens (tertiary/aromatic N) is 1. The van der Waals surface area contributed by atoms with Gasteiger partial charge in [0.1, 0.15) is 11.5 Å². The van der Waals surface area contributed by atoms with E-state index >= 15 is 0 Å². The van der Waals surface area contributed by atoms with Gasteiger partial charge in [-0.1, -0.05) is 24.1 Å². The van der Waals surface area contributed by atoms with E-state index in [1.807, 2.05) is 19.1 Å². The van der Waals surface area contributed by atoms with Crippen LogP contribution < -0.4 is 10.6 Å². The highest BCUT2D eigenvalue weighted by Gasteiger charge is 2.16. The number of hydrogen-bond acceptors (Lipinski definition) is 4. The minimum atomic E-state index is -0.324. The van der Waals surface area contributed by atoms with E-state index in [1.165, 1.54) is 25.5 Å². The molecule has 0 atom stereocenters. The second-order valence-electron chi connectivity index (χ2n) is 7.41. The summed E-state index contributed by atoms with van der Waals surface area (Å²) in [6, 6.07) is 10.7. The number of carbonyl (C=O) groups excluding carboxylic acids is 2. The van der Waals surface area contributed by atoms with E-state index in [9.17, 15) is 9.59 Å². The Morgan fingerprint density at radius 1 is 1.14 bits per heavy atom. The Bertz CT molecular complexity index is 837. The summed E-state index contributed by atoms with van der Waals surface area (Å²) < 4.78 is 5.31. The maximum atomic E-state index is 12.7. The number of piperidine rings is 1. The molecule has 2 heterocycles. The van der Waals surface area contributed by atoms with Gasteiger partial charge in [-0.2, -0.15) is 0 Å². The number of furan rings is 1. The summed E-state index contributed by atoms with van der Waals surface area (Å²) in [7, 11) is 0. The number of nitrogens with one attached hydrogen (secondary N) is 2. The zero-order valence-corrected chi connectivity index (χ0v) is 16.9. The average molecular weight is 396 g/mol. The van der Waals surface area contributed by atoms with E-state index in [0.29, 0.717) is 17.9 Å². The zero-order chi connectivity index (χ0) is 20.5. The molecule has 3 rings (SSSR count). The van der Waals surface area contributed by atoms with Crippen LogP contribution in [-0.2, 0) is 4.79 Å². The third-order valence-corrected chi connectivity index (χ3v) is 4.99. The monoisotopic (exact) mass is 395 g/mol. The van der Waals surface area contributed by atoms with E-state index < -0.39 is 0 Å². The molecule has 29 heavy (non-hydrogen) atoms. The molecule has 1 aliphatic rings. The molecule has 1 saturated heterocycles. The molecule has 2 amide bonds. The molecule has 1 aromatic carbocycles. The fraction of sp³-hybridized carbons (Fsp3) is 0.391. The molecule has 1 aromatic heterocycles. The number of hydrogen-bond donors (Lipinski definition) is 2. The molecule has 6 heteroatoms. The van der Waals surface area contributed by atoms with Crippen LogP contribution in [-0.4, -0.2) is 42.9 Å². The van der Waals surface area contributed by atoms with Crippen molar-refractivity contribution >= 4 is 17.9 Å². The summed E-state index contributed by atoms with van der Waals surface area (Å²) >= 11 is 0. The van der Waals surface area contributed by atoms with Crippen LogP contribution in [0.5, 0.6) is 0 Å². The van der Waals surface area contributed by atoms with Gasteiger partial charge in [-0.25, -0.2) is 0 Å². The molecule has 0 aliphatic carbocycles. The van der Waals surface area contributed by atoms with Crippen molar-refractivity contribution in [3.05, 3.63) is 65.2 Å². The summed E-state index contributed by atoms with van der Waals surface area (Å²) in [6.07, 6.45) is 7.79.